The van der Waals surface area contributed by atoms with Crippen molar-refractivity contribution in [2.45, 2.75) is 190 Å². The lowest BCUT2D eigenvalue weighted by atomic mass is 9.80. The highest BCUT2D eigenvalue weighted by Gasteiger charge is 2.33. The molecule has 0 unspecified atom stereocenters. The molecule has 8 heteroatoms. The number of halogens is 2. The van der Waals surface area contributed by atoms with Crippen molar-refractivity contribution in [2.75, 3.05) is 13.2 Å². The predicted octanol–water partition coefficient (Wildman–Crippen LogP) is 23.8. The topological polar surface area (TPSA) is 55.7 Å². The summed E-state index contributed by atoms with van der Waals surface area (Å²) in [5.41, 5.74) is 15.1. The zero-order chi connectivity index (χ0) is 65.2. The molecule has 0 atom stereocenters. The van der Waals surface area contributed by atoms with E-state index in [-0.39, 0.29) is 44.0 Å². The molecule has 10 aromatic rings. The average Bonchev–Trinajstić information content (AvgIpc) is 1.64. The van der Waals surface area contributed by atoms with E-state index in [9.17, 15) is 10.2 Å². The van der Waals surface area contributed by atoms with Crippen molar-refractivity contribution >= 4 is 55.2 Å². The number of rotatable bonds is 14. The van der Waals surface area contributed by atoms with E-state index in [4.69, 9.17) is 11.6 Å². The summed E-state index contributed by atoms with van der Waals surface area (Å²) in [6, 6.07) is 42.4. The number of aromatic nitrogens is 2. The molecule has 0 aliphatic rings. The fourth-order valence-corrected chi connectivity index (χ4v) is 13.1. The van der Waals surface area contributed by atoms with Crippen LogP contribution in [0.5, 0.6) is 23.0 Å². The first-order chi connectivity index (χ1) is 41.4. The molecule has 0 saturated heterocycles. The number of phenols is 2. The summed E-state index contributed by atoms with van der Waals surface area (Å²) in [6.45, 7) is 44.9. The van der Waals surface area contributed by atoms with E-state index in [1.807, 2.05) is 32.0 Å². The molecule has 8 aromatic carbocycles. The van der Waals surface area contributed by atoms with Crippen molar-refractivity contribution in [3.05, 3.63) is 191 Å². The van der Waals surface area contributed by atoms with Crippen LogP contribution in [-0.2, 0) is 41.2 Å². The molecule has 89 heavy (non-hydrogen) atoms. The molecule has 0 aliphatic carbocycles. The Morgan fingerprint density at radius 2 is 0.730 bits per heavy atom. The van der Waals surface area contributed by atoms with Crippen LogP contribution < -0.4 is 0 Å². The summed E-state index contributed by atoms with van der Waals surface area (Å²) in [6.07, 6.45) is 2.22. The Morgan fingerprint density at radius 1 is 0.416 bits per heavy atom. The lowest BCUT2D eigenvalue weighted by Crippen LogP contribution is -2.17. The number of hydrogen-bond acceptors (Lipinski definition) is 2. The second kappa shape index (κ2) is 22.9. The van der Waals surface area contributed by atoms with Crippen molar-refractivity contribution in [1.82, 2.24) is 9.13 Å². The zero-order valence-electron chi connectivity index (χ0n) is 56.9. The first-order valence-electron chi connectivity index (χ1n) is 31.9. The highest BCUT2D eigenvalue weighted by atomic mass is 35.5. The van der Waals surface area contributed by atoms with Gasteiger partial charge in [-0.3, -0.25) is 0 Å². The molecule has 2 heterocycles. The Labute approximate surface area is 535 Å². The highest BCUT2D eigenvalue weighted by Crippen LogP contribution is 2.52. The molecule has 6 nitrogen and oxygen atoms in total. The molecule has 2 aromatic heterocycles. The first kappa shape index (κ1) is 64.8. The minimum absolute atomic E-state index is 0.0486. The number of hydrogen-bond donors (Lipinski definition) is 2. The standard InChI is InChI=1S/C81H96ClFN2O4/c1-23-80(17,18)54-38-62(72(86)70(44-54)84-66-40-50(76(5,6)7)26-30-58(66)59-31-27-51(41-67(59)84)77(8,9)10)64-46-56(82)36-48(3)74(64)88(21)34-25-35-89(22)75-49(4)37-57(83)47-65(75)63-39-55(81(19,20)24-2)45-71(73(63)87)85-68-42-52(78(11,12)13)28-32-60(68)61-33-29-53(43-69(61)85)79(14,15)16/h26-33,36-47,86-87H,21-25,34-35H2,1-20H3. The molecule has 0 amide bonds. The quantitative estimate of drug-likeness (QED) is 0.0842. The number of nitrogens with zero attached hydrogens (tertiary/aromatic N) is 2. The maximum atomic E-state index is 16.3. The number of aryl methyl sites for hydroxylation is 2. The third-order valence-corrected chi connectivity index (χ3v) is 19.6. The van der Waals surface area contributed by atoms with E-state index in [1.54, 1.807) is 0 Å². The van der Waals surface area contributed by atoms with Gasteiger partial charge in [0.05, 0.1) is 44.6 Å². The monoisotopic (exact) mass is 1210 g/mol. The molecular formula is C81H96ClFN2O4. The lowest BCUT2D eigenvalue weighted by Gasteiger charge is -2.34. The number of aromatic hydroxyl groups is 2. The van der Waals surface area contributed by atoms with Crippen LogP contribution in [0.2, 0.25) is 5.02 Å². The smallest absolute Gasteiger partial charge is 0.237 e. The average molecular weight is 1220 g/mol. The van der Waals surface area contributed by atoms with Gasteiger partial charge in [0.2, 0.25) is 11.5 Å². The van der Waals surface area contributed by atoms with E-state index >= 15 is 4.39 Å². The number of phenolic OH excluding ortho intramolecular Hbond substituents is 2. The fourth-order valence-electron chi connectivity index (χ4n) is 12.8. The van der Waals surface area contributed by atoms with E-state index < -0.39 is 5.82 Å². The van der Waals surface area contributed by atoms with Gasteiger partial charge in [-0.05, 0) is 180 Å². The van der Waals surface area contributed by atoms with Crippen LogP contribution in [0.15, 0.2) is 121 Å². The molecule has 0 fully saturated rings. The largest absolute Gasteiger partial charge is 0.711 e. The highest BCUT2D eigenvalue weighted by molar-refractivity contribution is 6.31. The van der Waals surface area contributed by atoms with Crippen molar-refractivity contribution < 1.29 is 23.3 Å². The summed E-state index contributed by atoms with van der Waals surface area (Å²) in [5, 5.41) is 31.4. The maximum absolute atomic E-state index is 16.3. The third-order valence-electron chi connectivity index (χ3n) is 19.4. The van der Waals surface area contributed by atoms with E-state index in [0.29, 0.717) is 64.0 Å². The van der Waals surface area contributed by atoms with Crippen LogP contribution in [-0.4, -0.2) is 32.6 Å². The molecule has 2 N–H and O–H groups in total. The summed E-state index contributed by atoms with van der Waals surface area (Å²) in [4.78, 5) is 0. The van der Waals surface area contributed by atoms with Gasteiger partial charge in [-0.25, -0.2) is 4.39 Å². The molecule has 0 saturated carbocycles. The van der Waals surface area contributed by atoms with E-state index in [1.165, 1.54) is 34.4 Å². The fraction of sp³-hybridized carbons (Fsp3) is 0.383. The van der Waals surface area contributed by atoms with Crippen molar-refractivity contribution in [2.24, 2.45) is 0 Å². The molecular weight excluding hydrogens is 1120 g/mol. The summed E-state index contributed by atoms with van der Waals surface area (Å²) in [7, 11) is 9.23. The third kappa shape index (κ3) is 12.0. The summed E-state index contributed by atoms with van der Waals surface area (Å²) >= 11 is 7.10. The van der Waals surface area contributed by atoms with E-state index in [0.717, 1.165) is 84.5 Å². The van der Waals surface area contributed by atoms with Crippen molar-refractivity contribution in [3.63, 3.8) is 0 Å². The van der Waals surface area contributed by atoms with Gasteiger partial charge in [0, 0.05) is 48.8 Å². The minimum Gasteiger partial charge on any atom is -0.711 e. The van der Waals surface area contributed by atoms with Crippen LogP contribution in [0, 0.1) is 33.9 Å². The van der Waals surface area contributed by atoms with Crippen LogP contribution in [0.1, 0.15) is 188 Å². The molecule has 10 rings (SSSR count). The normalized spacial score (nSPS) is 13.0. The maximum Gasteiger partial charge on any atom is 0.237 e. The second-order valence-electron chi connectivity index (χ2n) is 30.8. The number of fused-ring (bicyclic) bond motifs is 6. The Morgan fingerprint density at radius 3 is 1.04 bits per heavy atom. The van der Waals surface area contributed by atoms with Crippen molar-refractivity contribution in [1.29, 1.82) is 0 Å². The second-order valence-corrected chi connectivity index (χ2v) is 31.2. The van der Waals surface area contributed by atoms with Gasteiger partial charge >= 0.3 is 0 Å². The Bertz CT molecular complexity index is 3990. The molecule has 0 aliphatic heterocycles. The summed E-state index contributed by atoms with van der Waals surface area (Å²) < 4.78 is 27.0. The Hall–Kier alpha value is -7.22. The van der Waals surface area contributed by atoms with Crippen molar-refractivity contribution in [3.8, 4) is 56.6 Å². The van der Waals surface area contributed by atoms with Crippen LogP contribution in [0.25, 0.3) is 77.2 Å². The van der Waals surface area contributed by atoms with Crippen LogP contribution in [0.3, 0.4) is 0 Å². The van der Waals surface area contributed by atoms with Gasteiger partial charge in [-0.15, -0.1) is 0 Å². The Balaban J connectivity index is 1.08. The zero-order valence-corrected chi connectivity index (χ0v) is 57.6. The molecule has 468 valence electrons. The van der Waals surface area contributed by atoms with Gasteiger partial charge in [-0.2, -0.15) is 0 Å². The summed E-state index contributed by atoms with van der Waals surface area (Å²) in [5.74, 6) is 1.17. The van der Waals surface area contributed by atoms with Crippen LogP contribution in [0.4, 0.5) is 4.39 Å². The van der Waals surface area contributed by atoms with Gasteiger partial charge in [0.1, 0.15) is 23.7 Å². The Kier molecular flexibility index (Phi) is 16.7. The molecule has 0 bridgehead atoms. The molecule has 0 spiro atoms. The predicted molar refractivity (Wildman–Crippen MR) is 378 cm³/mol. The molecule has 0 radical (unpaired) electrons. The van der Waals surface area contributed by atoms with Gasteiger partial charge in [0.15, 0.2) is 13.2 Å². The van der Waals surface area contributed by atoms with Gasteiger partial charge < -0.3 is 28.1 Å². The van der Waals surface area contributed by atoms with Gasteiger partial charge in [0.25, 0.3) is 0 Å². The number of benzene rings is 8. The van der Waals surface area contributed by atoms with E-state index in [2.05, 4.69) is 248 Å². The van der Waals surface area contributed by atoms with Gasteiger partial charge in [-0.1, -0.05) is 185 Å². The minimum atomic E-state index is -0.414. The lowest BCUT2D eigenvalue weighted by molar-refractivity contribution is -0.0169. The first-order valence-corrected chi connectivity index (χ1v) is 32.3. The van der Waals surface area contributed by atoms with Crippen LogP contribution >= 0.6 is 11.6 Å². The SMILES string of the molecule is [CH2-][O+](CCC[O+]([CH2-])c1c(C)cc(Cl)cc1-c1cc(C(C)(C)CC)cc(-n2c3cc(C(C)(C)C)ccc3c3ccc(C(C)(C)C)cc32)c1O)c1c(C)cc(F)cc1-c1cc(C(C)(C)CC)cc(-n2c3cc(C(C)(C)C)ccc3c3ccc(C(C)(C)C)cc32)c1O.